The number of thiazole rings is 1. The average Bonchev–Trinajstić information content (AvgIpc) is 3.19. The number of para-hydroxylation sites is 1. The number of halogens is 1. The van der Waals surface area contributed by atoms with Crippen LogP contribution in [0.4, 0.5) is 4.79 Å². The number of hydrogen-bond acceptors (Lipinski definition) is 4. The second-order valence-electron chi connectivity index (χ2n) is 8.48. The fraction of sp³-hybridized carbons (Fsp3) is 0.478. The van der Waals surface area contributed by atoms with Crippen LogP contribution in [-0.2, 0) is 19.8 Å². The third-order valence-electron chi connectivity index (χ3n) is 4.60. The van der Waals surface area contributed by atoms with Crippen LogP contribution in [0.25, 0.3) is 21.1 Å². The summed E-state index contributed by atoms with van der Waals surface area (Å²) < 4.78 is 6.61. The van der Waals surface area contributed by atoms with E-state index in [0.29, 0.717) is 13.1 Å². The minimum absolute atomic E-state index is 0.243. The van der Waals surface area contributed by atoms with Crippen molar-refractivity contribution in [2.75, 3.05) is 19.6 Å². The number of carbonyl (C=O) groups is 1. The van der Waals surface area contributed by atoms with Crippen LogP contribution in [0.1, 0.15) is 45.5 Å². The molecule has 31 heavy (non-hydrogen) atoms. The number of benzene rings is 1. The van der Waals surface area contributed by atoms with Gasteiger partial charge in [-0.05, 0) is 51.3 Å². The Morgan fingerprint density at radius 3 is 2.58 bits per heavy atom. The van der Waals surface area contributed by atoms with E-state index in [0.717, 1.165) is 29.4 Å². The third-order valence-corrected chi connectivity index (χ3v) is 5.71. The first kappa shape index (κ1) is 26.3. The van der Waals surface area contributed by atoms with Gasteiger partial charge in [-0.1, -0.05) is 31.1 Å². The zero-order valence-corrected chi connectivity index (χ0v) is 24.0. The Morgan fingerprint density at radius 2 is 2.06 bits per heavy atom. The number of allylic oxidation sites excluding steroid dienone is 1. The molecule has 2 aromatic rings. The number of hydrogen-bond donors (Lipinski definition) is 0. The van der Waals surface area contributed by atoms with Crippen LogP contribution in [-0.4, -0.2) is 41.2 Å². The van der Waals surface area contributed by atoms with Crippen LogP contribution in [0.5, 0.6) is 0 Å². The Morgan fingerprint density at radius 1 is 1.32 bits per heavy atom. The number of rotatable bonds is 1. The molecule has 4 rings (SSSR count). The van der Waals surface area contributed by atoms with Gasteiger partial charge < -0.3 is 15.0 Å². The molecule has 0 aliphatic carbocycles. The first-order chi connectivity index (χ1) is 14.8. The summed E-state index contributed by atoms with van der Waals surface area (Å²) >= 11 is 5.72. The normalized spacial score (nSPS) is 18.1. The summed E-state index contributed by atoms with van der Waals surface area (Å²) in [5.41, 5.74) is 1.81. The van der Waals surface area contributed by atoms with Gasteiger partial charge in [0.05, 0.1) is 10.2 Å². The molecular formula is C23H30IN3O2OsS-. The van der Waals surface area contributed by atoms with Gasteiger partial charge in [-0.2, -0.15) is 6.20 Å². The molecule has 2 aliphatic rings. The Bertz CT molecular complexity index is 875. The van der Waals surface area contributed by atoms with Gasteiger partial charge in [0.15, 0.2) is 0 Å². The number of amides is 1. The van der Waals surface area contributed by atoms with Gasteiger partial charge in [0.2, 0.25) is 0 Å². The summed E-state index contributed by atoms with van der Waals surface area (Å²) in [5, 5.41) is 5.14. The molecule has 0 bridgehead atoms. The second-order valence-corrected chi connectivity index (χ2v) is 9.51. The van der Waals surface area contributed by atoms with Crippen molar-refractivity contribution < 1.29 is 24.6 Å². The van der Waals surface area contributed by atoms with E-state index in [1.54, 1.807) is 16.2 Å². The molecule has 171 valence electrons. The first-order valence-corrected chi connectivity index (χ1v) is 18.3. The van der Waals surface area contributed by atoms with E-state index in [4.69, 9.17) is 4.74 Å². The van der Waals surface area contributed by atoms with Gasteiger partial charge in [0, 0.05) is 13.1 Å². The van der Waals surface area contributed by atoms with Gasteiger partial charge >= 0.3 is 40.8 Å². The molecular weight excluding hydrogens is 699 g/mol. The fourth-order valence-corrected chi connectivity index (χ4v) is 4.08. The SMILES string of the molecule is CC(C)(C)OC(=O)N1CC=C(c2nc3ccccc3s2)CC1.CC1CC=C[N-]C1.[I][Os]. The summed E-state index contributed by atoms with van der Waals surface area (Å²) in [7, 11) is 0. The number of carbonyl (C=O) groups excluding carboxylic acids is 1. The van der Waals surface area contributed by atoms with Crippen molar-refractivity contribution in [2.45, 2.75) is 46.1 Å². The molecule has 1 aromatic heterocycles. The molecule has 0 fully saturated rings. The van der Waals surface area contributed by atoms with Crippen LogP contribution in [0, 0.1) is 5.92 Å². The average molecular weight is 730 g/mol. The monoisotopic (exact) mass is 731 g/mol. The van der Waals surface area contributed by atoms with E-state index >= 15 is 0 Å². The molecule has 3 heterocycles. The van der Waals surface area contributed by atoms with Crippen LogP contribution in [0.15, 0.2) is 42.6 Å². The summed E-state index contributed by atoms with van der Waals surface area (Å²) in [6.45, 7) is 10.2. The predicted molar refractivity (Wildman–Crippen MR) is 135 cm³/mol. The number of aromatic nitrogens is 1. The van der Waals surface area contributed by atoms with E-state index in [2.05, 4.69) is 55.1 Å². The van der Waals surface area contributed by atoms with Crippen molar-refractivity contribution in [2.24, 2.45) is 5.92 Å². The second kappa shape index (κ2) is 12.9. The Kier molecular flexibility index (Phi) is 10.9. The van der Waals surface area contributed by atoms with Crippen molar-refractivity contribution in [1.82, 2.24) is 9.88 Å². The molecule has 5 nitrogen and oxygen atoms in total. The topological polar surface area (TPSA) is 56.5 Å². The van der Waals surface area contributed by atoms with Crippen molar-refractivity contribution in [3.8, 4) is 0 Å². The molecule has 2 aliphatic heterocycles. The Labute approximate surface area is 210 Å². The van der Waals surface area contributed by atoms with Crippen molar-refractivity contribution in [3.05, 3.63) is 52.9 Å². The number of ether oxygens (including phenoxy) is 1. The van der Waals surface area contributed by atoms with E-state index < -0.39 is 5.60 Å². The van der Waals surface area contributed by atoms with Gasteiger partial charge in [0.1, 0.15) is 10.6 Å². The van der Waals surface area contributed by atoms with E-state index in [1.165, 1.54) is 16.7 Å². The Balaban J connectivity index is 0.000000319. The fourth-order valence-electron chi connectivity index (χ4n) is 3.05. The first-order valence-electron chi connectivity index (χ1n) is 10.3. The minimum atomic E-state index is -0.450. The zero-order valence-electron chi connectivity index (χ0n) is 18.5. The summed E-state index contributed by atoms with van der Waals surface area (Å²) in [4.78, 5) is 18.5. The maximum atomic E-state index is 12.1. The zero-order chi connectivity index (χ0) is 22.9. The predicted octanol–water partition coefficient (Wildman–Crippen LogP) is 7.12. The van der Waals surface area contributed by atoms with Gasteiger partial charge in [-0.15, -0.1) is 24.0 Å². The molecule has 1 atom stereocenters. The maximum absolute atomic E-state index is 12.1. The molecule has 0 radical (unpaired) electrons. The molecule has 1 aromatic carbocycles. The number of nitrogens with zero attached hydrogens (tertiary/aromatic N) is 3. The quantitative estimate of drug-likeness (QED) is 0.294. The van der Waals surface area contributed by atoms with Crippen molar-refractivity contribution in [3.63, 3.8) is 0 Å². The van der Waals surface area contributed by atoms with Gasteiger partial charge in [0.25, 0.3) is 0 Å². The summed E-state index contributed by atoms with van der Waals surface area (Å²) in [6.07, 6.45) is 7.90. The van der Waals surface area contributed by atoms with Crippen LogP contribution < -0.4 is 0 Å². The molecule has 0 spiro atoms. The Hall–Kier alpha value is -0.974. The van der Waals surface area contributed by atoms with Crippen LogP contribution >= 0.6 is 31.0 Å². The third kappa shape index (κ3) is 8.82. The standard InChI is InChI=1S/C17H20N2O2S.C6H10N.HI.Os/c1-17(2,3)21-16(20)19-10-8-12(9-11-19)15-18-13-6-4-5-7-14(13)22-15;1-6-3-2-4-7-5-6;;/h4-8H,9-11H2,1-3H3;2,4,6H,3,5H2,1H3;1H;/q;-1;;+1/p-1. The van der Waals surface area contributed by atoms with Gasteiger partial charge in [-0.3, -0.25) is 0 Å². The molecule has 8 heteroatoms. The van der Waals surface area contributed by atoms with Crippen LogP contribution in [0.3, 0.4) is 0 Å². The molecule has 0 N–H and O–H groups in total. The summed E-state index contributed by atoms with van der Waals surface area (Å²) in [5.74, 6) is 0.782. The van der Waals surface area contributed by atoms with E-state index in [-0.39, 0.29) is 6.09 Å². The van der Waals surface area contributed by atoms with Crippen molar-refractivity contribution >= 4 is 52.9 Å². The van der Waals surface area contributed by atoms with Gasteiger partial charge in [-0.25, -0.2) is 9.78 Å². The van der Waals surface area contributed by atoms with E-state index in [9.17, 15) is 4.79 Å². The number of fused-ring (bicyclic) bond motifs is 1. The van der Waals surface area contributed by atoms with Crippen molar-refractivity contribution in [1.29, 1.82) is 0 Å². The summed E-state index contributed by atoms with van der Waals surface area (Å²) in [6, 6.07) is 8.16. The molecule has 1 amide bonds. The van der Waals surface area contributed by atoms with E-state index in [1.807, 2.05) is 60.2 Å². The molecule has 0 saturated heterocycles. The van der Waals surface area contributed by atoms with Crippen LogP contribution in [0.2, 0.25) is 0 Å². The molecule has 1 unspecified atom stereocenters. The molecule has 0 saturated carbocycles.